The molecule has 136 valence electrons. The van der Waals surface area contributed by atoms with Gasteiger partial charge in [0.25, 0.3) is 10.0 Å². The smallest absolute Gasteiger partial charge is 0.265 e. The van der Waals surface area contributed by atoms with Crippen LogP contribution in [-0.4, -0.2) is 18.2 Å². The molecule has 2 aromatic carbocycles. The average Bonchev–Trinajstić information content (AvgIpc) is 2.87. The molecular formula is C20H23N3O2S. The van der Waals surface area contributed by atoms with Crippen molar-refractivity contribution in [3.05, 3.63) is 70.5 Å². The second-order valence-corrected chi connectivity index (χ2v) is 8.25. The van der Waals surface area contributed by atoms with Crippen LogP contribution >= 0.6 is 0 Å². The van der Waals surface area contributed by atoms with E-state index in [9.17, 15) is 8.42 Å². The molecule has 0 saturated heterocycles. The highest BCUT2D eigenvalue weighted by Crippen LogP contribution is 2.28. The van der Waals surface area contributed by atoms with Crippen LogP contribution in [0.15, 0.2) is 47.4 Å². The standard InChI is InChI=1S/C20H23N3O2S/c1-13-11-14(2)19(15(3)12-13)22-26(24,25)20-16(4)21-23(17(20)5)18-9-7-6-8-10-18/h6-12,22H,1-5H3. The molecule has 0 unspecified atom stereocenters. The summed E-state index contributed by atoms with van der Waals surface area (Å²) in [5.74, 6) is 0. The number of para-hydroxylation sites is 1. The molecule has 0 radical (unpaired) electrons. The normalized spacial score (nSPS) is 11.6. The molecule has 3 rings (SSSR count). The monoisotopic (exact) mass is 369 g/mol. The molecular weight excluding hydrogens is 346 g/mol. The predicted octanol–water partition coefficient (Wildman–Crippen LogP) is 4.22. The summed E-state index contributed by atoms with van der Waals surface area (Å²) in [4.78, 5) is 0.223. The Bertz CT molecular complexity index is 1040. The SMILES string of the molecule is Cc1cc(C)c(NS(=O)(=O)c2c(C)nn(-c3ccccc3)c2C)c(C)c1. The van der Waals surface area contributed by atoms with Crippen LogP contribution in [0.1, 0.15) is 28.1 Å². The summed E-state index contributed by atoms with van der Waals surface area (Å²) in [6.07, 6.45) is 0. The number of benzene rings is 2. The van der Waals surface area contributed by atoms with Gasteiger partial charge >= 0.3 is 0 Å². The third-order valence-electron chi connectivity index (χ3n) is 4.41. The molecule has 1 heterocycles. The second kappa shape index (κ2) is 6.61. The molecule has 5 nitrogen and oxygen atoms in total. The molecule has 0 aliphatic heterocycles. The van der Waals surface area contributed by atoms with Crippen LogP contribution in [0, 0.1) is 34.6 Å². The third kappa shape index (κ3) is 3.24. The molecule has 3 aromatic rings. The Morgan fingerprint density at radius 3 is 2.08 bits per heavy atom. The van der Waals surface area contributed by atoms with E-state index >= 15 is 0 Å². The summed E-state index contributed by atoms with van der Waals surface area (Å²) in [5, 5.41) is 4.44. The Hall–Kier alpha value is -2.60. The van der Waals surface area contributed by atoms with E-state index in [2.05, 4.69) is 9.82 Å². The zero-order valence-electron chi connectivity index (χ0n) is 15.7. The lowest BCUT2D eigenvalue weighted by Gasteiger charge is -2.14. The van der Waals surface area contributed by atoms with Crippen LogP contribution in [0.3, 0.4) is 0 Å². The number of nitrogens with one attached hydrogen (secondary N) is 1. The lowest BCUT2D eigenvalue weighted by molar-refractivity contribution is 0.600. The Morgan fingerprint density at radius 2 is 1.50 bits per heavy atom. The highest BCUT2D eigenvalue weighted by atomic mass is 32.2. The second-order valence-electron chi connectivity index (χ2n) is 6.63. The predicted molar refractivity (Wildman–Crippen MR) is 104 cm³/mol. The van der Waals surface area contributed by atoms with Crippen molar-refractivity contribution < 1.29 is 8.42 Å². The van der Waals surface area contributed by atoms with Crippen LogP contribution in [0.2, 0.25) is 0 Å². The summed E-state index contributed by atoms with van der Waals surface area (Å²) in [6, 6.07) is 13.5. The fraction of sp³-hybridized carbons (Fsp3) is 0.250. The van der Waals surface area contributed by atoms with E-state index in [1.54, 1.807) is 18.5 Å². The van der Waals surface area contributed by atoms with Crippen LogP contribution in [0.4, 0.5) is 5.69 Å². The van der Waals surface area contributed by atoms with Gasteiger partial charge in [0.05, 0.1) is 22.8 Å². The van der Waals surface area contributed by atoms with Gasteiger partial charge in [-0.3, -0.25) is 4.72 Å². The third-order valence-corrected chi connectivity index (χ3v) is 6.01. The minimum Gasteiger partial charge on any atom is -0.279 e. The van der Waals surface area contributed by atoms with Gasteiger partial charge < -0.3 is 0 Å². The van der Waals surface area contributed by atoms with Gasteiger partial charge in [-0.2, -0.15) is 5.10 Å². The first-order valence-electron chi connectivity index (χ1n) is 8.43. The number of aryl methyl sites for hydroxylation is 4. The van der Waals surface area contributed by atoms with Crippen LogP contribution < -0.4 is 4.72 Å². The van der Waals surface area contributed by atoms with E-state index in [1.807, 2.05) is 63.2 Å². The van der Waals surface area contributed by atoms with Crippen molar-refractivity contribution in [3.63, 3.8) is 0 Å². The Kier molecular flexibility index (Phi) is 4.63. The Balaban J connectivity index is 2.08. The van der Waals surface area contributed by atoms with Gasteiger partial charge in [0.2, 0.25) is 0 Å². The first kappa shape index (κ1) is 18.2. The van der Waals surface area contributed by atoms with Crippen molar-refractivity contribution >= 4 is 15.7 Å². The van der Waals surface area contributed by atoms with E-state index in [-0.39, 0.29) is 4.90 Å². The number of hydrogen-bond acceptors (Lipinski definition) is 3. The molecule has 0 atom stereocenters. The van der Waals surface area contributed by atoms with Crippen molar-refractivity contribution in [2.24, 2.45) is 0 Å². The fourth-order valence-electron chi connectivity index (χ4n) is 3.36. The van der Waals surface area contributed by atoms with Crippen molar-refractivity contribution in [2.75, 3.05) is 4.72 Å². The fourth-order valence-corrected chi connectivity index (χ4v) is 4.96. The quantitative estimate of drug-likeness (QED) is 0.749. The van der Waals surface area contributed by atoms with Gasteiger partial charge in [0.15, 0.2) is 0 Å². The number of sulfonamides is 1. The maximum absolute atomic E-state index is 13.1. The number of anilines is 1. The largest absolute Gasteiger partial charge is 0.279 e. The molecule has 1 N–H and O–H groups in total. The van der Waals surface area contributed by atoms with Crippen LogP contribution in [0.25, 0.3) is 5.69 Å². The van der Waals surface area contributed by atoms with E-state index in [0.717, 1.165) is 22.4 Å². The van der Waals surface area contributed by atoms with E-state index in [0.29, 0.717) is 17.1 Å². The highest BCUT2D eigenvalue weighted by molar-refractivity contribution is 7.92. The molecule has 0 saturated carbocycles. The van der Waals surface area contributed by atoms with Gasteiger partial charge in [-0.05, 0) is 57.9 Å². The minimum absolute atomic E-state index is 0.223. The maximum Gasteiger partial charge on any atom is 0.265 e. The average molecular weight is 369 g/mol. The number of rotatable bonds is 4. The summed E-state index contributed by atoms with van der Waals surface area (Å²) < 4.78 is 30.7. The molecule has 26 heavy (non-hydrogen) atoms. The summed E-state index contributed by atoms with van der Waals surface area (Å²) in [6.45, 7) is 9.30. The summed E-state index contributed by atoms with van der Waals surface area (Å²) in [5.41, 5.74) is 5.42. The Morgan fingerprint density at radius 1 is 0.923 bits per heavy atom. The van der Waals surface area contributed by atoms with E-state index in [4.69, 9.17) is 0 Å². The van der Waals surface area contributed by atoms with Gasteiger partial charge in [-0.1, -0.05) is 35.9 Å². The van der Waals surface area contributed by atoms with Crippen LogP contribution in [0.5, 0.6) is 0 Å². The van der Waals surface area contributed by atoms with E-state index < -0.39 is 10.0 Å². The van der Waals surface area contributed by atoms with Crippen LogP contribution in [-0.2, 0) is 10.0 Å². The minimum atomic E-state index is -3.75. The first-order valence-corrected chi connectivity index (χ1v) is 9.91. The number of aromatic nitrogens is 2. The van der Waals surface area contributed by atoms with Crippen molar-refractivity contribution in [1.29, 1.82) is 0 Å². The van der Waals surface area contributed by atoms with Gasteiger partial charge in [0, 0.05) is 0 Å². The lowest BCUT2D eigenvalue weighted by atomic mass is 10.1. The molecule has 0 aliphatic carbocycles. The van der Waals surface area contributed by atoms with Crippen molar-refractivity contribution in [2.45, 2.75) is 39.5 Å². The molecule has 0 spiro atoms. The first-order chi connectivity index (χ1) is 12.2. The Labute approximate surface area is 154 Å². The zero-order valence-corrected chi connectivity index (χ0v) is 16.5. The highest BCUT2D eigenvalue weighted by Gasteiger charge is 2.26. The van der Waals surface area contributed by atoms with Crippen molar-refractivity contribution in [1.82, 2.24) is 9.78 Å². The van der Waals surface area contributed by atoms with E-state index in [1.165, 1.54) is 0 Å². The molecule has 0 amide bonds. The zero-order chi connectivity index (χ0) is 19.1. The maximum atomic E-state index is 13.1. The topological polar surface area (TPSA) is 64.0 Å². The number of nitrogens with zero attached hydrogens (tertiary/aromatic N) is 2. The molecule has 0 fully saturated rings. The summed E-state index contributed by atoms with van der Waals surface area (Å²) in [7, 11) is -3.75. The van der Waals surface area contributed by atoms with Gasteiger partial charge in [-0.25, -0.2) is 13.1 Å². The van der Waals surface area contributed by atoms with Crippen molar-refractivity contribution in [3.8, 4) is 5.69 Å². The van der Waals surface area contributed by atoms with Gasteiger partial charge in [0.1, 0.15) is 4.90 Å². The number of hydrogen-bond donors (Lipinski definition) is 1. The van der Waals surface area contributed by atoms with Gasteiger partial charge in [-0.15, -0.1) is 0 Å². The molecule has 0 aliphatic rings. The lowest BCUT2D eigenvalue weighted by Crippen LogP contribution is -2.16. The molecule has 0 bridgehead atoms. The summed E-state index contributed by atoms with van der Waals surface area (Å²) >= 11 is 0. The molecule has 6 heteroatoms. The molecule has 1 aromatic heterocycles.